The normalized spacial score (nSPS) is 12.6. The maximum atomic E-state index is 5.31. The summed E-state index contributed by atoms with van der Waals surface area (Å²) in [4.78, 5) is 4.28. The lowest BCUT2D eigenvalue weighted by molar-refractivity contribution is 0.497. The van der Waals surface area contributed by atoms with Crippen LogP contribution < -0.4 is 5.32 Å². The van der Waals surface area contributed by atoms with Crippen LogP contribution in [0.1, 0.15) is 19.6 Å². The molecule has 0 radical (unpaired) electrons. The van der Waals surface area contributed by atoms with Crippen molar-refractivity contribution in [3.05, 3.63) is 36.5 Å². The number of hydrogen-bond acceptors (Lipinski definition) is 3. The van der Waals surface area contributed by atoms with Gasteiger partial charge in [0.25, 0.3) is 0 Å². The van der Waals surface area contributed by atoms with Crippen molar-refractivity contribution < 1.29 is 4.42 Å². The zero-order valence-corrected chi connectivity index (χ0v) is 9.68. The predicted octanol–water partition coefficient (Wildman–Crippen LogP) is 2.54. The molecule has 0 aliphatic heterocycles. The molecule has 0 fully saturated rings. The largest absolute Gasteiger partial charge is 0.469 e. The Morgan fingerprint density at radius 1 is 1.56 bits per heavy atom. The second kappa shape index (κ2) is 4.88. The van der Waals surface area contributed by atoms with Crippen LogP contribution >= 0.6 is 0 Å². The first kappa shape index (κ1) is 10.8. The second-order valence-corrected chi connectivity index (χ2v) is 3.87. The van der Waals surface area contributed by atoms with Crippen LogP contribution in [0.5, 0.6) is 0 Å². The summed E-state index contributed by atoms with van der Waals surface area (Å²) < 4.78 is 7.39. The van der Waals surface area contributed by atoms with Crippen molar-refractivity contribution in [2.75, 3.05) is 5.32 Å². The Kier molecular flexibility index (Phi) is 3.29. The number of nitrogens with one attached hydrogen (secondary N) is 1. The lowest BCUT2D eigenvalue weighted by atomic mass is 10.2. The summed E-state index contributed by atoms with van der Waals surface area (Å²) in [6.07, 6.45) is 6.35. The van der Waals surface area contributed by atoms with E-state index in [-0.39, 0.29) is 0 Å². The molecular formula is C12H17N3O. The maximum absolute atomic E-state index is 5.31. The molecule has 0 aliphatic rings. The number of hydrogen-bond donors (Lipinski definition) is 1. The molecule has 0 saturated heterocycles. The average Bonchev–Trinajstić information content (AvgIpc) is 2.88. The highest BCUT2D eigenvalue weighted by Crippen LogP contribution is 2.10. The smallest absolute Gasteiger partial charge is 0.202 e. The fourth-order valence-electron chi connectivity index (χ4n) is 1.71. The molecule has 2 rings (SSSR count). The van der Waals surface area contributed by atoms with Gasteiger partial charge < -0.3 is 14.3 Å². The van der Waals surface area contributed by atoms with Gasteiger partial charge in [0.1, 0.15) is 5.76 Å². The number of aryl methyl sites for hydroxylation is 1. The minimum Gasteiger partial charge on any atom is -0.469 e. The van der Waals surface area contributed by atoms with E-state index in [0.717, 1.165) is 24.7 Å². The highest BCUT2D eigenvalue weighted by Gasteiger charge is 2.08. The Labute approximate surface area is 95.3 Å². The lowest BCUT2D eigenvalue weighted by Crippen LogP contribution is -2.20. The number of rotatable bonds is 5. The van der Waals surface area contributed by atoms with Crippen molar-refractivity contribution in [2.24, 2.45) is 0 Å². The van der Waals surface area contributed by atoms with Gasteiger partial charge in [0.2, 0.25) is 5.95 Å². The number of nitrogens with zero attached hydrogens (tertiary/aromatic N) is 2. The molecule has 1 N–H and O–H groups in total. The number of furan rings is 1. The standard InChI is InChI=1S/C12H17N3O/c1-3-15-7-6-13-12(15)14-10(2)9-11-5-4-8-16-11/h4-8,10H,3,9H2,1-2H3,(H,13,14). The van der Waals surface area contributed by atoms with E-state index in [9.17, 15) is 0 Å². The van der Waals surface area contributed by atoms with Crippen LogP contribution in [0.25, 0.3) is 0 Å². The molecule has 4 heteroatoms. The fraction of sp³-hybridized carbons (Fsp3) is 0.417. The molecule has 2 aromatic rings. The Morgan fingerprint density at radius 3 is 3.12 bits per heavy atom. The summed E-state index contributed by atoms with van der Waals surface area (Å²) in [5, 5.41) is 3.37. The van der Waals surface area contributed by atoms with E-state index in [1.807, 2.05) is 24.5 Å². The van der Waals surface area contributed by atoms with Gasteiger partial charge >= 0.3 is 0 Å². The van der Waals surface area contributed by atoms with Crippen LogP contribution in [0.3, 0.4) is 0 Å². The topological polar surface area (TPSA) is 43.0 Å². The molecule has 1 atom stereocenters. The monoisotopic (exact) mass is 219 g/mol. The van der Waals surface area contributed by atoms with Crippen molar-refractivity contribution in [1.82, 2.24) is 9.55 Å². The molecule has 1 unspecified atom stereocenters. The molecule has 86 valence electrons. The zero-order chi connectivity index (χ0) is 11.4. The Balaban J connectivity index is 1.94. The van der Waals surface area contributed by atoms with Gasteiger partial charge in [-0.25, -0.2) is 4.98 Å². The van der Waals surface area contributed by atoms with Gasteiger partial charge in [0, 0.05) is 31.4 Å². The van der Waals surface area contributed by atoms with Crippen LogP contribution in [0.15, 0.2) is 35.2 Å². The summed E-state index contributed by atoms with van der Waals surface area (Å²) >= 11 is 0. The first-order valence-corrected chi connectivity index (χ1v) is 5.59. The minimum atomic E-state index is 0.304. The predicted molar refractivity (Wildman–Crippen MR) is 63.4 cm³/mol. The van der Waals surface area contributed by atoms with Crippen LogP contribution in [0, 0.1) is 0 Å². The quantitative estimate of drug-likeness (QED) is 0.840. The molecule has 0 saturated carbocycles. The van der Waals surface area contributed by atoms with E-state index in [0.29, 0.717) is 6.04 Å². The Bertz CT molecular complexity index is 419. The molecule has 0 aromatic carbocycles. The summed E-state index contributed by atoms with van der Waals surface area (Å²) in [6.45, 7) is 5.15. The summed E-state index contributed by atoms with van der Waals surface area (Å²) in [7, 11) is 0. The van der Waals surface area contributed by atoms with Crippen LogP contribution in [0.2, 0.25) is 0 Å². The van der Waals surface area contributed by atoms with Crippen molar-refractivity contribution >= 4 is 5.95 Å². The van der Waals surface area contributed by atoms with Crippen LogP contribution in [-0.4, -0.2) is 15.6 Å². The minimum absolute atomic E-state index is 0.304. The van der Waals surface area contributed by atoms with Crippen molar-refractivity contribution in [3.63, 3.8) is 0 Å². The summed E-state index contributed by atoms with van der Waals surface area (Å²) in [5.41, 5.74) is 0. The van der Waals surface area contributed by atoms with E-state index >= 15 is 0 Å². The molecular weight excluding hydrogens is 202 g/mol. The molecule has 2 aromatic heterocycles. The number of anilines is 1. The van der Waals surface area contributed by atoms with E-state index < -0.39 is 0 Å². The Morgan fingerprint density at radius 2 is 2.44 bits per heavy atom. The highest BCUT2D eigenvalue weighted by atomic mass is 16.3. The first-order chi connectivity index (χ1) is 7.79. The van der Waals surface area contributed by atoms with E-state index in [2.05, 4.69) is 28.7 Å². The van der Waals surface area contributed by atoms with Gasteiger partial charge in [-0.2, -0.15) is 0 Å². The van der Waals surface area contributed by atoms with E-state index in [1.165, 1.54) is 0 Å². The van der Waals surface area contributed by atoms with Gasteiger partial charge in [-0.3, -0.25) is 0 Å². The number of aromatic nitrogens is 2. The third kappa shape index (κ3) is 2.45. The molecule has 16 heavy (non-hydrogen) atoms. The average molecular weight is 219 g/mol. The summed E-state index contributed by atoms with van der Waals surface area (Å²) in [5.74, 6) is 1.91. The number of imidazole rings is 1. The lowest BCUT2D eigenvalue weighted by Gasteiger charge is -2.14. The van der Waals surface area contributed by atoms with Crippen molar-refractivity contribution in [2.45, 2.75) is 32.9 Å². The SMILES string of the molecule is CCn1ccnc1NC(C)Cc1ccco1. The van der Waals surface area contributed by atoms with Gasteiger partial charge in [0.05, 0.1) is 6.26 Å². The highest BCUT2D eigenvalue weighted by molar-refractivity contribution is 5.27. The van der Waals surface area contributed by atoms with E-state index in [1.54, 1.807) is 6.26 Å². The molecule has 0 aliphatic carbocycles. The van der Waals surface area contributed by atoms with Gasteiger partial charge in [-0.1, -0.05) is 0 Å². The summed E-state index contributed by atoms with van der Waals surface area (Å²) in [6, 6.07) is 4.21. The Hall–Kier alpha value is -1.71. The van der Waals surface area contributed by atoms with Gasteiger partial charge in [-0.05, 0) is 26.0 Å². The van der Waals surface area contributed by atoms with Crippen LogP contribution in [0.4, 0.5) is 5.95 Å². The third-order valence-electron chi connectivity index (χ3n) is 2.52. The molecule has 0 bridgehead atoms. The van der Waals surface area contributed by atoms with Gasteiger partial charge in [0.15, 0.2) is 0 Å². The third-order valence-corrected chi connectivity index (χ3v) is 2.52. The zero-order valence-electron chi connectivity index (χ0n) is 9.68. The molecule has 4 nitrogen and oxygen atoms in total. The van der Waals surface area contributed by atoms with E-state index in [4.69, 9.17) is 4.42 Å². The van der Waals surface area contributed by atoms with Gasteiger partial charge in [-0.15, -0.1) is 0 Å². The molecule has 0 spiro atoms. The van der Waals surface area contributed by atoms with Crippen molar-refractivity contribution in [1.29, 1.82) is 0 Å². The van der Waals surface area contributed by atoms with Crippen LogP contribution in [-0.2, 0) is 13.0 Å². The fourth-order valence-corrected chi connectivity index (χ4v) is 1.71. The van der Waals surface area contributed by atoms with Crippen molar-refractivity contribution in [3.8, 4) is 0 Å². The maximum Gasteiger partial charge on any atom is 0.202 e. The second-order valence-electron chi connectivity index (χ2n) is 3.87. The molecule has 0 amide bonds. The first-order valence-electron chi connectivity index (χ1n) is 5.59. The molecule has 2 heterocycles.